The zero-order chi connectivity index (χ0) is 36.4. The van der Waals surface area contributed by atoms with Gasteiger partial charge in [-0.25, -0.2) is 9.59 Å². The highest BCUT2D eigenvalue weighted by Gasteiger charge is 2.64. The second-order valence-corrected chi connectivity index (χ2v) is 13.6. The Bertz CT molecular complexity index is 1520. The Kier molecular flexibility index (Phi) is 11.7. The molecule has 49 heavy (non-hydrogen) atoms. The maximum absolute atomic E-state index is 14.0. The normalized spacial score (nSPS) is 32.8. The number of halogens is 1. The molecule has 3 aliphatic rings. The number of allylic oxidation sites excluding steroid dienone is 3. The van der Waals surface area contributed by atoms with Crippen molar-refractivity contribution in [2.75, 3.05) is 33.2 Å². The summed E-state index contributed by atoms with van der Waals surface area (Å²) in [6.45, 7) is 8.68. The maximum Gasteiger partial charge on any atom is 0.409 e. The quantitative estimate of drug-likeness (QED) is 0.329. The number of alkyl carbamates (subject to hydrolysis) is 1. The zero-order valence-corrected chi connectivity index (χ0v) is 30.3. The van der Waals surface area contributed by atoms with Gasteiger partial charge in [0.25, 0.3) is 0 Å². The summed E-state index contributed by atoms with van der Waals surface area (Å²) in [6, 6.07) is 2.64. The molecule has 14 heteroatoms. The van der Waals surface area contributed by atoms with Crippen molar-refractivity contribution in [2.24, 2.45) is 5.92 Å². The zero-order valence-electron chi connectivity index (χ0n) is 29.6. The lowest BCUT2D eigenvalue weighted by molar-refractivity contribution is -0.162. The van der Waals surface area contributed by atoms with Crippen LogP contribution in [0.1, 0.15) is 59.4 Å². The lowest BCUT2D eigenvalue weighted by Crippen LogP contribution is -2.63. The second kappa shape index (κ2) is 15.1. The summed E-state index contributed by atoms with van der Waals surface area (Å²) in [5, 5.41) is 14.4. The number of esters is 1. The number of anilines is 1. The van der Waals surface area contributed by atoms with Crippen molar-refractivity contribution >= 4 is 41.2 Å². The molecule has 1 aromatic carbocycles. The highest BCUT2D eigenvalue weighted by molar-refractivity contribution is 6.35. The number of likely N-dealkylation sites (N-methyl/N-ethyl adjacent to an activating group) is 1. The highest BCUT2D eigenvalue weighted by atomic mass is 35.5. The van der Waals surface area contributed by atoms with Crippen molar-refractivity contribution < 1.29 is 48.0 Å². The fraction of sp³-hybridized carbons (Fsp3) is 0.600. The monoisotopic (exact) mass is 705 g/mol. The van der Waals surface area contributed by atoms with Gasteiger partial charge in [-0.3, -0.25) is 14.9 Å². The van der Waals surface area contributed by atoms with Crippen LogP contribution in [0.4, 0.5) is 10.5 Å². The van der Waals surface area contributed by atoms with Crippen molar-refractivity contribution in [1.29, 1.82) is 0 Å². The number of methoxy groups -OCH3 is 2. The van der Waals surface area contributed by atoms with Crippen molar-refractivity contribution in [3.8, 4) is 5.75 Å². The molecule has 4 bridgehead atoms. The van der Waals surface area contributed by atoms with E-state index < -0.39 is 65.7 Å². The molecule has 0 aromatic heterocycles. The number of epoxide rings is 1. The van der Waals surface area contributed by atoms with E-state index in [1.807, 2.05) is 13.0 Å². The van der Waals surface area contributed by atoms with Gasteiger partial charge in [0.05, 0.1) is 25.3 Å². The van der Waals surface area contributed by atoms with Crippen molar-refractivity contribution in [3.63, 3.8) is 0 Å². The lowest BCUT2D eigenvalue weighted by atomic mass is 9.83. The number of carbonyl (C=O) groups excluding carboxylic acids is 4. The van der Waals surface area contributed by atoms with Crippen LogP contribution in [-0.4, -0.2) is 104 Å². The van der Waals surface area contributed by atoms with E-state index in [1.165, 1.54) is 31.1 Å². The number of amides is 3. The Hall–Kier alpha value is -3.65. The van der Waals surface area contributed by atoms with Crippen LogP contribution in [0.25, 0.3) is 0 Å². The number of aliphatic hydroxyl groups is 1. The van der Waals surface area contributed by atoms with Gasteiger partial charge in [-0.1, -0.05) is 49.2 Å². The minimum absolute atomic E-state index is 0.0431. The van der Waals surface area contributed by atoms with E-state index in [0.717, 1.165) is 11.1 Å². The van der Waals surface area contributed by atoms with Crippen LogP contribution >= 0.6 is 11.6 Å². The number of fused-ring (bicyclic) bond motifs is 5. The highest BCUT2D eigenvalue weighted by Crippen LogP contribution is 2.49. The third kappa shape index (κ3) is 8.06. The molecule has 2 N–H and O–H groups in total. The largest absolute Gasteiger partial charge is 0.495 e. The summed E-state index contributed by atoms with van der Waals surface area (Å²) < 4.78 is 29.0. The number of nitrogens with one attached hydrogen (secondary N) is 1. The standard InChI is InChI=1S/C35H48ClN3O10/c1-10-28(40)38(6)21(4)32(42)48-27-17-29(41)39(7)23-15-22(16-24(45-8)30(23)36)14-19(2)12-11-13-26(46-9)35(44)18-25(47-33(43)37-35)20(3)31-34(27,5)49-31/h11-13,15-16,20-21,25-27,31,44H,10,14,17-18H2,1-9H3,(H,37,43)/b13-11+,19-12+/t20-,21+,25+,26-,27+,31+,34+,35?/m1/s1. The van der Waals surface area contributed by atoms with Crippen LogP contribution in [0.3, 0.4) is 0 Å². The molecule has 0 aliphatic carbocycles. The summed E-state index contributed by atoms with van der Waals surface area (Å²) in [6.07, 6.45) is 1.22. The van der Waals surface area contributed by atoms with Crippen LogP contribution in [-0.2, 0) is 39.8 Å². The van der Waals surface area contributed by atoms with Crippen molar-refractivity contribution in [2.45, 2.75) is 102 Å². The van der Waals surface area contributed by atoms with Crippen LogP contribution < -0.4 is 15.0 Å². The summed E-state index contributed by atoms with van der Waals surface area (Å²) in [4.78, 5) is 55.3. The first kappa shape index (κ1) is 38.2. The van der Waals surface area contributed by atoms with Gasteiger partial charge in [0.2, 0.25) is 11.8 Å². The molecule has 3 amide bonds. The fourth-order valence-electron chi connectivity index (χ4n) is 6.47. The average Bonchev–Trinajstić information content (AvgIpc) is 3.76. The molecule has 0 spiro atoms. The van der Waals surface area contributed by atoms with E-state index in [9.17, 15) is 24.3 Å². The number of rotatable bonds is 6. The Balaban J connectivity index is 1.79. The molecule has 0 radical (unpaired) electrons. The Morgan fingerprint density at radius 2 is 1.96 bits per heavy atom. The van der Waals surface area contributed by atoms with E-state index in [-0.39, 0.29) is 30.2 Å². The summed E-state index contributed by atoms with van der Waals surface area (Å²) in [5.74, 6) is -1.53. The van der Waals surface area contributed by atoms with Gasteiger partial charge >= 0.3 is 12.1 Å². The molecule has 270 valence electrons. The minimum atomic E-state index is -1.82. The predicted molar refractivity (Wildman–Crippen MR) is 181 cm³/mol. The van der Waals surface area contributed by atoms with E-state index in [1.54, 1.807) is 59.0 Å². The van der Waals surface area contributed by atoms with Crippen molar-refractivity contribution in [3.05, 3.63) is 46.5 Å². The van der Waals surface area contributed by atoms with Gasteiger partial charge in [0.1, 0.15) is 40.7 Å². The molecule has 3 heterocycles. The first-order valence-electron chi connectivity index (χ1n) is 16.3. The predicted octanol–water partition coefficient (Wildman–Crippen LogP) is 3.92. The van der Waals surface area contributed by atoms with Crippen LogP contribution in [0.15, 0.2) is 35.9 Å². The number of nitrogens with zero attached hydrogens (tertiary/aromatic N) is 2. The molecule has 1 unspecified atom stereocenters. The van der Waals surface area contributed by atoms with Crippen molar-refractivity contribution in [1.82, 2.24) is 10.2 Å². The molecular formula is C35H48ClN3O10. The SMILES string of the molecule is CCC(=O)N(C)[C@@H](C)C(=O)O[C@H]1CC(=O)N(C)c2cc(cc(OC)c2Cl)C/C(C)=C/C=C/[C@@H](OC)C2(O)C[C@H](OC(=O)N2)[C@@H](C)[C@@H]2O[C@@]12C. The first-order chi connectivity index (χ1) is 23.0. The molecule has 4 rings (SSSR count). The average molecular weight is 706 g/mol. The minimum Gasteiger partial charge on any atom is -0.495 e. The third-order valence-electron chi connectivity index (χ3n) is 9.83. The van der Waals surface area contributed by atoms with Gasteiger partial charge in [-0.15, -0.1) is 0 Å². The van der Waals surface area contributed by atoms with E-state index in [4.69, 9.17) is 35.3 Å². The van der Waals surface area contributed by atoms with Gasteiger partial charge in [0, 0.05) is 40.0 Å². The van der Waals surface area contributed by atoms with E-state index in [2.05, 4.69) is 5.32 Å². The molecule has 8 atom stereocenters. The maximum atomic E-state index is 14.0. The molecule has 3 aliphatic heterocycles. The molecular weight excluding hydrogens is 658 g/mol. The van der Waals surface area contributed by atoms with Gasteiger partial charge in [0.15, 0.2) is 5.72 Å². The molecule has 13 nitrogen and oxygen atoms in total. The topological polar surface area (TPSA) is 156 Å². The van der Waals surface area contributed by atoms with E-state index in [0.29, 0.717) is 17.9 Å². The van der Waals surface area contributed by atoms with E-state index >= 15 is 0 Å². The lowest BCUT2D eigenvalue weighted by Gasteiger charge is -2.42. The number of hydrogen-bond acceptors (Lipinski definition) is 10. The smallest absolute Gasteiger partial charge is 0.409 e. The molecule has 1 aromatic rings. The summed E-state index contributed by atoms with van der Waals surface area (Å²) >= 11 is 6.72. The molecule has 2 saturated heterocycles. The van der Waals surface area contributed by atoms with Gasteiger partial charge in [-0.2, -0.15) is 0 Å². The van der Waals surface area contributed by atoms with Gasteiger partial charge < -0.3 is 38.6 Å². The Morgan fingerprint density at radius 3 is 2.59 bits per heavy atom. The second-order valence-electron chi connectivity index (χ2n) is 13.3. The Morgan fingerprint density at radius 1 is 1.27 bits per heavy atom. The summed E-state index contributed by atoms with van der Waals surface area (Å²) in [5.41, 5.74) is -0.870. The van der Waals surface area contributed by atoms with Gasteiger partial charge in [-0.05, 0) is 44.9 Å². The van der Waals surface area contributed by atoms with Crippen LogP contribution in [0, 0.1) is 5.92 Å². The number of hydrogen-bond donors (Lipinski definition) is 2. The third-order valence-corrected chi connectivity index (χ3v) is 10.2. The number of ether oxygens (including phenoxy) is 5. The van der Waals surface area contributed by atoms with Crippen LogP contribution in [0.5, 0.6) is 5.75 Å². The summed E-state index contributed by atoms with van der Waals surface area (Å²) in [7, 11) is 6.01. The number of benzene rings is 1. The Labute approximate surface area is 292 Å². The molecule has 0 saturated carbocycles. The number of carbonyl (C=O) groups is 4. The van der Waals surface area contributed by atoms with Crippen LogP contribution in [0.2, 0.25) is 5.02 Å². The molecule has 2 fully saturated rings. The first-order valence-corrected chi connectivity index (χ1v) is 16.7. The fourth-order valence-corrected chi connectivity index (χ4v) is 6.78.